The first kappa shape index (κ1) is 9.47. The summed E-state index contributed by atoms with van der Waals surface area (Å²) in [6, 6.07) is 0.689. The van der Waals surface area contributed by atoms with E-state index in [0.717, 1.165) is 18.8 Å². The Morgan fingerprint density at radius 2 is 2.08 bits per heavy atom. The predicted molar refractivity (Wildman–Crippen MR) is 53.6 cm³/mol. The predicted octanol–water partition coefficient (Wildman–Crippen LogP) is 1.63. The Labute approximate surface area is 80.9 Å². The van der Waals surface area contributed by atoms with Crippen molar-refractivity contribution in [3.63, 3.8) is 0 Å². The number of aliphatic hydroxyl groups excluding tert-OH is 1. The molecule has 2 aliphatic rings. The van der Waals surface area contributed by atoms with Crippen LogP contribution in [0.2, 0.25) is 0 Å². The van der Waals surface area contributed by atoms with Crippen LogP contribution in [0.5, 0.6) is 0 Å². The smallest absolute Gasteiger partial charge is 0.0555 e. The van der Waals surface area contributed by atoms with Gasteiger partial charge in [0.25, 0.3) is 0 Å². The molecule has 1 saturated carbocycles. The van der Waals surface area contributed by atoms with Crippen molar-refractivity contribution in [1.82, 2.24) is 4.90 Å². The van der Waals surface area contributed by atoms with E-state index in [2.05, 4.69) is 11.8 Å². The minimum atomic E-state index is -0.0188. The maximum Gasteiger partial charge on any atom is 0.0555 e. The van der Waals surface area contributed by atoms with Crippen molar-refractivity contribution < 1.29 is 5.11 Å². The van der Waals surface area contributed by atoms with E-state index in [-0.39, 0.29) is 6.10 Å². The highest BCUT2D eigenvalue weighted by Crippen LogP contribution is 2.27. The molecule has 76 valence electrons. The van der Waals surface area contributed by atoms with E-state index in [4.69, 9.17) is 0 Å². The van der Waals surface area contributed by atoms with Crippen LogP contribution in [0.3, 0.4) is 0 Å². The molecule has 0 amide bonds. The van der Waals surface area contributed by atoms with Gasteiger partial charge in [0.1, 0.15) is 0 Å². The van der Waals surface area contributed by atoms with Crippen LogP contribution in [0, 0.1) is 5.92 Å². The van der Waals surface area contributed by atoms with E-state index in [0.29, 0.717) is 6.04 Å². The standard InChI is InChI=1S/C11H21NO/c1-9-5-6-12(8-9)10-3-2-4-11(13)7-10/h9-11,13H,2-8H2,1H3. The van der Waals surface area contributed by atoms with Gasteiger partial charge >= 0.3 is 0 Å². The fourth-order valence-corrected chi connectivity index (χ4v) is 2.77. The highest BCUT2D eigenvalue weighted by molar-refractivity contribution is 4.84. The van der Waals surface area contributed by atoms with Crippen molar-refractivity contribution in [3.05, 3.63) is 0 Å². The number of hydrogen-bond donors (Lipinski definition) is 1. The van der Waals surface area contributed by atoms with Crippen LogP contribution >= 0.6 is 0 Å². The number of likely N-dealkylation sites (tertiary alicyclic amines) is 1. The highest BCUT2D eigenvalue weighted by atomic mass is 16.3. The van der Waals surface area contributed by atoms with Crippen LogP contribution in [-0.2, 0) is 0 Å². The van der Waals surface area contributed by atoms with Gasteiger partial charge in [-0.15, -0.1) is 0 Å². The molecule has 1 N–H and O–H groups in total. The molecule has 0 radical (unpaired) electrons. The lowest BCUT2D eigenvalue weighted by atomic mass is 9.92. The second-order valence-electron chi connectivity index (χ2n) is 4.86. The second kappa shape index (κ2) is 3.97. The summed E-state index contributed by atoms with van der Waals surface area (Å²) in [6.07, 6.45) is 5.91. The Balaban J connectivity index is 1.85. The Kier molecular flexibility index (Phi) is 2.89. The molecule has 0 spiro atoms. The zero-order valence-corrected chi connectivity index (χ0v) is 8.58. The van der Waals surface area contributed by atoms with Crippen LogP contribution in [-0.4, -0.2) is 35.2 Å². The Bertz CT molecular complexity index is 171. The largest absolute Gasteiger partial charge is 0.393 e. The molecule has 2 fully saturated rings. The first-order valence-corrected chi connectivity index (χ1v) is 5.68. The monoisotopic (exact) mass is 183 g/mol. The van der Waals surface area contributed by atoms with Crippen molar-refractivity contribution in [2.75, 3.05) is 13.1 Å². The van der Waals surface area contributed by atoms with E-state index < -0.39 is 0 Å². The molecule has 2 nitrogen and oxygen atoms in total. The van der Waals surface area contributed by atoms with E-state index in [9.17, 15) is 5.11 Å². The van der Waals surface area contributed by atoms with Crippen molar-refractivity contribution in [3.8, 4) is 0 Å². The van der Waals surface area contributed by atoms with E-state index in [1.165, 1.54) is 32.4 Å². The molecule has 3 unspecified atom stereocenters. The molecule has 1 heterocycles. The summed E-state index contributed by atoms with van der Waals surface area (Å²) in [6.45, 7) is 4.86. The topological polar surface area (TPSA) is 23.5 Å². The van der Waals surface area contributed by atoms with Crippen LogP contribution < -0.4 is 0 Å². The molecule has 1 aliphatic heterocycles. The van der Waals surface area contributed by atoms with Crippen molar-refractivity contribution in [1.29, 1.82) is 0 Å². The summed E-state index contributed by atoms with van der Waals surface area (Å²) in [5, 5.41) is 9.58. The molecule has 0 aromatic heterocycles. The SMILES string of the molecule is CC1CCN(C2CCCC(O)C2)C1. The van der Waals surface area contributed by atoms with Gasteiger partial charge in [-0.25, -0.2) is 0 Å². The number of nitrogens with zero attached hydrogens (tertiary/aromatic N) is 1. The maximum absolute atomic E-state index is 9.58. The minimum Gasteiger partial charge on any atom is -0.393 e. The lowest BCUT2D eigenvalue weighted by molar-refractivity contribution is 0.0709. The summed E-state index contributed by atoms with van der Waals surface area (Å²) in [5.74, 6) is 0.874. The molecule has 2 rings (SSSR count). The molecule has 1 aliphatic carbocycles. The Morgan fingerprint density at radius 3 is 2.69 bits per heavy atom. The van der Waals surface area contributed by atoms with E-state index >= 15 is 0 Å². The summed E-state index contributed by atoms with van der Waals surface area (Å²) in [4.78, 5) is 2.59. The van der Waals surface area contributed by atoms with E-state index in [1.54, 1.807) is 0 Å². The number of hydrogen-bond acceptors (Lipinski definition) is 2. The maximum atomic E-state index is 9.58. The first-order chi connectivity index (χ1) is 6.25. The number of aliphatic hydroxyl groups is 1. The van der Waals surface area contributed by atoms with Crippen molar-refractivity contribution in [2.45, 2.75) is 51.2 Å². The Morgan fingerprint density at radius 1 is 1.23 bits per heavy atom. The first-order valence-electron chi connectivity index (χ1n) is 5.68. The van der Waals surface area contributed by atoms with Gasteiger partial charge in [-0.2, -0.15) is 0 Å². The molecule has 0 bridgehead atoms. The lowest BCUT2D eigenvalue weighted by Gasteiger charge is -2.33. The average Bonchev–Trinajstić information content (AvgIpc) is 2.52. The molecule has 3 atom stereocenters. The highest BCUT2D eigenvalue weighted by Gasteiger charge is 2.29. The van der Waals surface area contributed by atoms with Crippen LogP contribution in [0.25, 0.3) is 0 Å². The van der Waals surface area contributed by atoms with Gasteiger partial charge in [0.2, 0.25) is 0 Å². The second-order valence-corrected chi connectivity index (χ2v) is 4.86. The van der Waals surface area contributed by atoms with Gasteiger partial charge in [0, 0.05) is 12.6 Å². The molecule has 2 heteroatoms. The van der Waals surface area contributed by atoms with Gasteiger partial charge in [-0.3, -0.25) is 0 Å². The third kappa shape index (κ3) is 2.23. The molecule has 13 heavy (non-hydrogen) atoms. The molecule has 1 saturated heterocycles. The van der Waals surface area contributed by atoms with Crippen LogP contribution in [0.15, 0.2) is 0 Å². The molecular formula is C11H21NO. The summed E-state index contributed by atoms with van der Waals surface area (Å²) in [5.41, 5.74) is 0. The summed E-state index contributed by atoms with van der Waals surface area (Å²) < 4.78 is 0. The quantitative estimate of drug-likeness (QED) is 0.668. The molecular weight excluding hydrogens is 162 g/mol. The summed E-state index contributed by atoms with van der Waals surface area (Å²) in [7, 11) is 0. The van der Waals surface area contributed by atoms with Crippen LogP contribution in [0.1, 0.15) is 39.0 Å². The fourth-order valence-electron chi connectivity index (χ4n) is 2.77. The van der Waals surface area contributed by atoms with Crippen molar-refractivity contribution >= 4 is 0 Å². The van der Waals surface area contributed by atoms with Crippen molar-refractivity contribution in [2.24, 2.45) is 5.92 Å². The lowest BCUT2D eigenvalue weighted by Crippen LogP contribution is -2.38. The minimum absolute atomic E-state index is 0.0188. The van der Waals surface area contributed by atoms with E-state index in [1.807, 2.05) is 0 Å². The van der Waals surface area contributed by atoms with Gasteiger partial charge in [0.05, 0.1) is 6.10 Å². The third-order valence-corrected chi connectivity index (χ3v) is 3.59. The van der Waals surface area contributed by atoms with Gasteiger partial charge in [0.15, 0.2) is 0 Å². The Hall–Kier alpha value is -0.0800. The average molecular weight is 183 g/mol. The third-order valence-electron chi connectivity index (χ3n) is 3.59. The van der Waals surface area contributed by atoms with Gasteiger partial charge in [-0.1, -0.05) is 6.92 Å². The van der Waals surface area contributed by atoms with Gasteiger partial charge in [-0.05, 0) is 44.6 Å². The van der Waals surface area contributed by atoms with Crippen LogP contribution in [0.4, 0.5) is 0 Å². The summed E-state index contributed by atoms with van der Waals surface area (Å²) >= 11 is 0. The zero-order chi connectivity index (χ0) is 9.26. The van der Waals surface area contributed by atoms with Gasteiger partial charge < -0.3 is 10.0 Å². The fraction of sp³-hybridized carbons (Fsp3) is 1.00. The molecule has 0 aromatic rings. The normalized spacial score (nSPS) is 42.5. The molecule has 0 aromatic carbocycles. The zero-order valence-electron chi connectivity index (χ0n) is 8.58. The number of rotatable bonds is 1.